The molecule has 1 saturated heterocycles. The van der Waals surface area contributed by atoms with E-state index in [0.717, 1.165) is 45.6 Å². The summed E-state index contributed by atoms with van der Waals surface area (Å²) >= 11 is 0. The molecule has 110 valence electrons. The molecule has 1 aromatic carbocycles. The molecule has 20 heavy (non-hydrogen) atoms. The quantitative estimate of drug-likeness (QED) is 0.904. The first-order valence-corrected chi connectivity index (χ1v) is 7.18. The highest BCUT2D eigenvalue weighted by molar-refractivity contribution is 5.94. The Bertz CT molecular complexity index is 435. The molecular weight excluding hydrogens is 257 g/mol. The van der Waals surface area contributed by atoms with E-state index in [1.807, 2.05) is 4.90 Å². The summed E-state index contributed by atoms with van der Waals surface area (Å²) in [4.78, 5) is 16.6. The minimum Gasteiger partial charge on any atom is -0.337 e. The molecule has 0 spiro atoms. The Morgan fingerprint density at radius 2 is 1.90 bits per heavy atom. The standard InChI is InChI=1S/C15H22FN3O/c16-14-5-3-13(4-6-14)15(20)19-10-2-9-18(11-12-19)8-1-7-17/h3-6H,1-2,7-12,17H2. The van der Waals surface area contributed by atoms with Gasteiger partial charge in [-0.25, -0.2) is 4.39 Å². The summed E-state index contributed by atoms with van der Waals surface area (Å²) in [6, 6.07) is 5.76. The molecule has 0 radical (unpaired) electrons. The molecule has 0 unspecified atom stereocenters. The van der Waals surface area contributed by atoms with Gasteiger partial charge in [0.2, 0.25) is 0 Å². The second kappa shape index (κ2) is 7.36. The molecule has 0 saturated carbocycles. The van der Waals surface area contributed by atoms with Crippen molar-refractivity contribution >= 4 is 5.91 Å². The average molecular weight is 279 g/mol. The van der Waals surface area contributed by atoms with Crippen LogP contribution >= 0.6 is 0 Å². The van der Waals surface area contributed by atoms with Gasteiger partial charge in [0.1, 0.15) is 5.82 Å². The lowest BCUT2D eigenvalue weighted by molar-refractivity contribution is 0.0761. The van der Waals surface area contributed by atoms with E-state index in [1.54, 1.807) is 12.1 Å². The summed E-state index contributed by atoms with van der Waals surface area (Å²) in [7, 11) is 0. The predicted molar refractivity (Wildman–Crippen MR) is 77.0 cm³/mol. The Balaban J connectivity index is 1.92. The number of hydrogen-bond donors (Lipinski definition) is 1. The van der Waals surface area contributed by atoms with Crippen molar-refractivity contribution in [2.75, 3.05) is 39.3 Å². The van der Waals surface area contributed by atoms with Crippen LogP contribution in [0.25, 0.3) is 0 Å². The molecule has 1 aliphatic heterocycles. The molecule has 0 atom stereocenters. The Labute approximate surface area is 119 Å². The molecule has 1 amide bonds. The maximum absolute atomic E-state index is 12.9. The third kappa shape index (κ3) is 4.02. The van der Waals surface area contributed by atoms with Crippen LogP contribution in [0, 0.1) is 5.82 Å². The molecular formula is C15H22FN3O. The number of amides is 1. The van der Waals surface area contributed by atoms with Crippen LogP contribution in [-0.2, 0) is 0 Å². The first-order valence-electron chi connectivity index (χ1n) is 7.18. The van der Waals surface area contributed by atoms with Crippen molar-refractivity contribution in [3.8, 4) is 0 Å². The number of carbonyl (C=O) groups is 1. The van der Waals surface area contributed by atoms with Crippen molar-refractivity contribution < 1.29 is 9.18 Å². The van der Waals surface area contributed by atoms with Crippen LogP contribution in [0.3, 0.4) is 0 Å². The van der Waals surface area contributed by atoms with Crippen LogP contribution in [0.2, 0.25) is 0 Å². The largest absolute Gasteiger partial charge is 0.337 e. The highest BCUT2D eigenvalue weighted by Gasteiger charge is 2.19. The van der Waals surface area contributed by atoms with E-state index in [9.17, 15) is 9.18 Å². The van der Waals surface area contributed by atoms with E-state index in [1.165, 1.54) is 12.1 Å². The first-order chi connectivity index (χ1) is 9.70. The van der Waals surface area contributed by atoms with Gasteiger partial charge < -0.3 is 15.5 Å². The molecule has 2 rings (SSSR count). The van der Waals surface area contributed by atoms with Gasteiger partial charge in [0.25, 0.3) is 5.91 Å². The van der Waals surface area contributed by atoms with Gasteiger partial charge >= 0.3 is 0 Å². The van der Waals surface area contributed by atoms with E-state index in [4.69, 9.17) is 5.73 Å². The number of rotatable bonds is 4. The van der Waals surface area contributed by atoms with Crippen LogP contribution in [0.4, 0.5) is 4.39 Å². The summed E-state index contributed by atoms with van der Waals surface area (Å²) in [6.07, 6.45) is 1.96. The van der Waals surface area contributed by atoms with Gasteiger partial charge in [-0.3, -0.25) is 4.79 Å². The fourth-order valence-electron chi connectivity index (χ4n) is 2.49. The lowest BCUT2D eigenvalue weighted by Gasteiger charge is -2.22. The summed E-state index contributed by atoms with van der Waals surface area (Å²) in [6.45, 7) is 5.07. The van der Waals surface area contributed by atoms with Crippen molar-refractivity contribution in [3.05, 3.63) is 35.6 Å². The number of carbonyl (C=O) groups excluding carboxylic acids is 1. The average Bonchev–Trinajstić information content (AvgIpc) is 2.70. The van der Waals surface area contributed by atoms with E-state index >= 15 is 0 Å². The highest BCUT2D eigenvalue weighted by atomic mass is 19.1. The normalized spacial score (nSPS) is 17.0. The molecule has 4 nitrogen and oxygen atoms in total. The molecule has 1 aromatic rings. The van der Waals surface area contributed by atoms with Crippen molar-refractivity contribution in [3.63, 3.8) is 0 Å². The van der Waals surface area contributed by atoms with Crippen LogP contribution in [0.1, 0.15) is 23.2 Å². The lowest BCUT2D eigenvalue weighted by Crippen LogP contribution is -2.35. The molecule has 5 heteroatoms. The van der Waals surface area contributed by atoms with Crippen molar-refractivity contribution in [1.29, 1.82) is 0 Å². The Hall–Kier alpha value is -1.46. The van der Waals surface area contributed by atoms with Crippen molar-refractivity contribution in [2.24, 2.45) is 5.73 Å². The minimum atomic E-state index is -0.314. The zero-order valence-corrected chi connectivity index (χ0v) is 11.7. The summed E-state index contributed by atoms with van der Waals surface area (Å²) in [5, 5.41) is 0. The summed E-state index contributed by atoms with van der Waals surface area (Å²) in [5.41, 5.74) is 6.08. The maximum Gasteiger partial charge on any atom is 0.253 e. The van der Waals surface area contributed by atoms with E-state index < -0.39 is 0 Å². The van der Waals surface area contributed by atoms with E-state index in [0.29, 0.717) is 12.1 Å². The van der Waals surface area contributed by atoms with Gasteiger partial charge in [-0.05, 0) is 56.7 Å². The first kappa shape index (κ1) is 14.9. The molecule has 0 aromatic heterocycles. The Morgan fingerprint density at radius 1 is 1.15 bits per heavy atom. The molecule has 0 aliphatic carbocycles. The number of benzene rings is 1. The minimum absolute atomic E-state index is 0.00863. The zero-order valence-electron chi connectivity index (χ0n) is 11.7. The molecule has 2 N–H and O–H groups in total. The van der Waals surface area contributed by atoms with Crippen LogP contribution < -0.4 is 5.73 Å². The topological polar surface area (TPSA) is 49.6 Å². The van der Waals surface area contributed by atoms with Gasteiger partial charge in [0, 0.05) is 25.2 Å². The lowest BCUT2D eigenvalue weighted by atomic mass is 10.2. The second-order valence-corrected chi connectivity index (χ2v) is 5.14. The van der Waals surface area contributed by atoms with Crippen LogP contribution in [0.15, 0.2) is 24.3 Å². The van der Waals surface area contributed by atoms with Crippen molar-refractivity contribution in [1.82, 2.24) is 9.80 Å². The fourth-order valence-corrected chi connectivity index (χ4v) is 2.49. The van der Waals surface area contributed by atoms with Gasteiger partial charge in [-0.15, -0.1) is 0 Å². The molecule has 1 fully saturated rings. The highest BCUT2D eigenvalue weighted by Crippen LogP contribution is 2.10. The van der Waals surface area contributed by atoms with E-state index in [2.05, 4.69) is 4.90 Å². The predicted octanol–water partition coefficient (Wildman–Crippen LogP) is 1.32. The third-order valence-corrected chi connectivity index (χ3v) is 3.65. The maximum atomic E-state index is 12.9. The van der Waals surface area contributed by atoms with Gasteiger partial charge in [-0.1, -0.05) is 0 Å². The van der Waals surface area contributed by atoms with Gasteiger partial charge in [-0.2, -0.15) is 0 Å². The van der Waals surface area contributed by atoms with E-state index in [-0.39, 0.29) is 11.7 Å². The third-order valence-electron chi connectivity index (χ3n) is 3.65. The summed E-state index contributed by atoms with van der Waals surface area (Å²) in [5.74, 6) is -0.323. The zero-order chi connectivity index (χ0) is 14.4. The number of hydrogen-bond acceptors (Lipinski definition) is 3. The number of nitrogens with zero attached hydrogens (tertiary/aromatic N) is 2. The monoisotopic (exact) mass is 279 g/mol. The van der Waals surface area contributed by atoms with Crippen molar-refractivity contribution in [2.45, 2.75) is 12.8 Å². The fraction of sp³-hybridized carbons (Fsp3) is 0.533. The Morgan fingerprint density at radius 3 is 2.60 bits per heavy atom. The SMILES string of the molecule is NCCCN1CCCN(C(=O)c2ccc(F)cc2)CC1. The molecule has 1 heterocycles. The number of nitrogens with two attached hydrogens (primary N) is 1. The molecule has 0 bridgehead atoms. The Kier molecular flexibility index (Phi) is 5.49. The summed E-state index contributed by atoms with van der Waals surface area (Å²) < 4.78 is 12.9. The van der Waals surface area contributed by atoms with Crippen LogP contribution in [0.5, 0.6) is 0 Å². The van der Waals surface area contributed by atoms with Crippen LogP contribution in [-0.4, -0.2) is 55.0 Å². The van der Waals surface area contributed by atoms with Gasteiger partial charge in [0.15, 0.2) is 0 Å². The smallest absolute Gasteiger partial charge is 0.253 e. The number of halogens is 1. The molecule has 1 aliphatic rings. The van der Waals surface area contributed by atoms with Gasteiger partial charge in [0.05, 0.1) is 0 Å². The second-order valence-electron chi connectivity index (χ2n) is 5.14.